The number of hydrogen-bond donors (Lipinski definition) is 1. The topological polar surface area (TPSA) is 43.1 Å². The van der Waals surface area contributed by atoms with Crippen LogP contribution in [0.3, 0.4) is 0 Å². The Morgan fingerprint density at radius 1 is 1.70 bits per heavy atom. The molecule has 10 heavy (non-hydrogen) atoms. The Morgan fingerprint density at radius 2 is 2.40 bits per heavy atom. The molecule has 0 aliphatic rings. The van der Waals surface area contributed by atoms with Crippen LogP contribution in [0, 0.1) is 0 Å². The van der Waals surface area contributed by atoms with Crippen LogP contribution in [0.15, 0.2) is 16.8 Å². The highest BCUT2D eigenvalue weighted by Gasteiger charge is 2.00. The Labute approximate surface area is 69.5 Å². The van der Waals surface area contributed by atoms with Crippen LogP contribution < -0.4 is 5.73 Å². The predicted octanol–water partition coefficient (Wildman–Crippen LogP) is 1.31. The van der Waals surface area contributed by atoms with Crippen molar-refractivity contribution < 1.29 is 4.79 Å². The quantitative estimate of drug-likeness (QED) is 0.693. The van der Waals surface area contributed by atoms with Gasteiger partial charge < -0.3 is 5.73 Å². The Balaban J connectivity index is 0.000000810. The molecule has 4 heteroatoms. The Kier molecular flexibility index (Phi) is 4.27. The molecule has 0 atom stereocenters. The molecule has 0 unspecified atom stereocenters. The van der Waals surface area contributed by atoms with Gasteiger partial charge in [-0.2, -0.15) is 11.3 Å². The third-order valence-electron chi connectivity index (χ3n) is 1.03. The number of rotatable bonds is 2. The standard InChI is InChI=1S/C6H7NOS.ClH/c7-3-6(8)5-1-2-9-4-5;/h1-2,4H,3,7H2;1H. The van der Waals surface area contributed by atoms with Gasteiger partial charge in [0.2, 0.25) is 0 Å². The van der Waals surface area contributed by atoms with Gasteiger partial charge in [-0.1, -0.05) is 0 Å². The summed E-state index contributed by atoms with van der Waals surface area (Å²) in [6.07, 6.45) is 0. The average molecular weight is 178 g/mol. The molecule has 0 aliphatic carbocycles. The minimum absolute atomic E-state index is 0. The number of Topliss-reactive ketones (excluding diaryl/α,β-unsaturated/α-hetero) is 1. The van der Waals surface area contributed by atoms with Gasteiger partial charge in [0.15, 0.2) is 5.78 Å². The summed E-state index contributed by atoms with van der Waals surface area (Å²) in [5.74, 6) is 0.0104. The van der Waals surface area contributed by atoms with Crippen molar-refractivity contribution in [3.63, 3.8) is 0 Å². The van der Waals surface area contributed by atoms with E-state index in [2.05, 4.69) is 0 Å². The summed E-state index contributed by atoms with van der Waals surface area (Å²) < 4.78 is 0. The third kappa shape index (κ3) is 2.10. The first-order chi connectivity index (χ1) is 4.34. The van der Waals surface area contributed by atoms with Crippen molar-refractivity contribution in [2.75, 3.05) is 6.54 Å². The monoisotopic (exact) mass is 177 g/mol. The van der Waals surface area contributed by atoms with Gasteiger partial charge >= 0.3 is 0 Å². The van der Waals surface area contributed by atoms with Gasteiger partial charge in [-0.3, -0.25) is 4.79 Å². The van der Waals surface area contributed by atoms with Crippen molar-refractivity contribution >= 4 is 29.5 Å². The molecule has 0 saturated heterocycles. The van der Waals surface area contributed by atoms with Crippen molar-refractivity contribution in [3.05, 3.63) is 22.4 Å². The maximum absolute atomic E-state index is 10.8. The summed E-state index contributed by atoms with van der Waals surface area (Å²) >= 11 is 1.51. The summed E-state index contributed by atoms with van der Waals surface area (Å²) in [7, 11) is 0. The number of carbonyl (C=O) groups excluding carboxylic acids is 1. The zero-order valence-electron chi connectivity index (χ0n) is 5.24. The molecular weight excluding hydrogens is 170 g/mol. The Hall–Kier alpha value is -0.380. The first-order valence-corrected chi connectivity index (χ1v) is 3.54. The molecule has 2 nitrogen and oxygen atoms in total. The van der Waals surface area contributed by atoms with Crippen LogP contribution >= 0.6 is 23.7 Å². The van der Waals surface area contributed by atoms with Crippen molar-refractivity contribution in [1.29, 1.82) is 0 Å². The maximum atomic E-state index is 10.8. The molecule has 0 aliphatic heterocycles. The second kappa shape index (κ2) is 4.44. The largest absolute Gasteiger partial charge is 0.324 e. The van der Waals surface area contributed by atoms with Crippen molar-refractivity contribution in [3.8, 4) is 0 Å². The van der Waals surface area contributed by atoms with Gasteiger partial charge in [0.1, 0.15) is 0 Å². The van der Waals surface area contributed by atoms with Crippen molar-refractivity contribution in [2.45, 2.75) is 0 Å². The zero-order valence-corrected chi connectivity index (χ0v) is 6.87. The highest BCUT2D eigenvalue weighted by molar-refractivity contribution is 7.08. The Bertz CT molecular complexity index is 198. The number of thiophene rings is 1. The van der Waals surface area contributed by atoms with E-state index in [1.165, 1.54) is 11.3 Å². The fourth-order valence-corrected chi connectivity index (χ4v) is 1.20. The minimum Gasteiger partial charge on any atom is -0.324 e. The van der Waals surface area contributed by atoms with E-state index >= 15 is 0 Å². The van der Waals surface area contributed by atoms with Crippen LogP contribution in [0.4, 0.5) is 0 Å². The fraction of sp³-hybridized carbons (Fsp3) is 0.167. The van der Waals surface area contributed by atoms with E-state index in [9.17, 15) is 4.79 Å². The van der Waals surface area contributed by atoms with Gasteiger partial charge in [0, 0.05) is 10.9 Å². The van der Waals surface area contributed by atoms with E-state index in [1.54, 1.807) is 11.4 Å². The molecule has 0 bridgehead atoms. The van der Waals surface area contributed by atoms with E-state index in [0.717, 1.165) is 5.56 Å². The number of halogens is 1. The van der Waals surface area contributed by atoms with E-state index in [1.807, 2.05) is 5.38 Å². The number of carbonyl (C=O) groups is 1. The first-order valence-electron chi connectivity index (χ1n) is 2.60. The molecule has 1 aromatic rings. The van der Waals surface area contributed by atoms with Crippen LogP contribution in [-0.4, -0.2) is 12.3 Å². The molecule has 0 radical (unpaired) electrons. The smallest absolute Gasteiger partial charge is 0.177 e. The SMILES string of the molecule is Cl.NCC(=O)c1ccsc1. The minimum atomic E-state index is 0. The Morgan fingerprint density at radius 3 is 2.80 bits per heavy atom. The zero-order chi connectivity index (χ0) is 6.69. The molecule has 1 heterocycles. The van der Waals surface area contributed by atoms with Crippen LogP contribution in [0.1, 0.15) is 10.4 Å². The lowest BCUT2D eigenvalue weighted by atomic mass is 10.2. The first kappa shape index (κ1) is 9.62. The van der Waals surface area contributed by atoms with Gasteiger partial charge in [0.05, 0.1) is 6.54 Å². The molecule has 1 aromatic heterocycles. The van der Waals surface area contributed by atoms with E-state index in [0.29, 0.717) is 0 Å². The van der Waals surface area contributed by atoms with Crippen LogP contribution in [0.25, 0.3) is 0 Å². The lowest BCUT2D eigenvalue weighted by molar-refractivity contribution is 0.100. The molecule has 0 amide bonds. The number of nitrogens with two attached hydrogens (primary N) is 1. The van der Waals surface area contributed by atoms with Gasteiger partial charge in [-0.05, 0) is 11.4 Å². The highest BCUT2D eigenvalue weighted by Crippen LogP contribution is 2.05. The lowest BCUT2D eigenvalue weighted by Crippen LogP contribution is -2.12. The summed E-state index contributed by atoms with van der Waals surface area (Å²) in [6, 6.07) is 1.78. The molecule has 0 aromatic carbocycles. The van der Waals surface area contributed by atoms with Gasteiger partial charge in [0.25, 0.3) is 0 Å². The molecule has 0 fully saturated rings. The van der Waals surface area contributed by atoms with E-state index < -0.39 is 0 Å². The lowest BCUT2D eigenvalue weighted by Gasteiger charge is -1.87. The maximum Gasteiger partial charge on any atom is 0.177 e. The van der Waals surface area contributed by atoms with E-state index in [-0.39, 0.29) is 24.7 Å². The third-order valence-corrected chi connectivity index (χ3v) is 1.71. The fourth-order valence-electron chi connectivity index (χ4n) is 0.541. The number of hydrogen-bond acceptors (Lipinski definition) is 3. The van der Waals surface area contributed by atoms with Crippen molar-refractivity contribution in [1.82, 2.24) is 0 Å². The molecule has 56 valence electrons. The van der Waals surface area contributed by atoms with Crippen molar-refractivity contribution in [2.24, 2.45) is 5.73 Å². The molecular formula is C6H8ClNOS. The second-order valence-corrected chi connectivity index (χ2v) is 2.42. The van der Waals surface area contributed by atoms with Crippen LogP contribution in [0.5, 0.6) is 0 Å². The summed E-state index contributed by atoms with van der Waals surface area (Å²) in [5.41, 5.74) is 5.84. The second-order valence-electron chi connectivity index (χ2n) is 1.64. The predicted molar refractivity (Wildman–Crippen MR) is 45.0 cm³/mol. The number of ketones is 1. The van der Waals surface area contributed by atoms with Crippen LogP contribution in [0.2, 0.25) is 0 Å². The molecule has 1 rings (SSSR count). The summed E-state index contributed by atoms with van der Waals surface area (Å²) in [6.45, 7) is 0.108. The highest BCUT2D eigenvalue weighted by atomic mass is 35.5. The van der Waals surface area contributed by atoms with Gasteiger partial charge in [-0.15, -0.1) is 12.4 Å². The normalized spacial score (nSPS) is 8.50. The van der Waals surface area contributed by atoms with E-state index in [4.69, 9.17) is 5.73 Å². The molecule has 0 spiro atoms. The van der Waals surface area contributed by atoms with Crippen LogP contribution in [-0.2, 0) is 0 Å². The summed E-state index contributed by atoms with van der Waals surface area (Å²) in [4.78, 5) is 10.8. The van der Waals surface area contributed by atoms with Gasteiger partial charge in [-0.25, -0.2) is 0 Å². The average Bonchev–Trinajstić information content (AvgIpc) is 2.37. The molecule has 2 N–H and O–H groups in total. The molecule has 0 saturated carbocycles. The summed E-state index contributed by atoms with van der Waals surface area (Å²) in [5, 5.41) is 3.66.